The maximum absolute atomic E-state index is 12.2. The van der Waals surface area contributed by atoms with Crippen LogP contribution in [0.3, 0.4) is 0 Å². The van der Waals surface area contributed by atoms with Gasteiger partial charge in [-0.3, -0.25) is 4.40 Å². The molecule has 0 aliphatic heterocycles. The predicted molar refractivity (Wildman–Crippen MR) is 85.7 cm³/mol. The molecule has 22 heavy (non-hydrogen) atoms. The topological polar surface area (TPSA) is 60.6 Å². The van der Waals surface area contributed by atoms with E-state index < -0.39 is 0 Å². The Balaban J connectivity index is 1.74. The van der Waals surface area contributed by atoms with Gasteiger partial charge in [-0.05, 0) is 36.8 Å². The third-order valence-electron chi connectivity index (χ3n) is 3.48. The lowest BCUT2D eigenvalue weighted by Gasteiger charge is -2.11. The van der Waals surface area contributed by atoms with Crippen LogP contribution >= 0.6 is 0 Å². The van der Waals surface area contributed by atoms with Crippen LogP contribution in [0, 0.1) is 6.92 Å². The second-order valence-corrected chi connectivity index (χ2v) is 5.07. The molecule has 0 saturated carbocycles. The highest BCUT2D eigenvalue weighted by atomic mass is 16.5. The Morgan fingerprint density at radius 2 is 2.14 bits per heavy atom. The van der Waals surface area contributed by atoms with Crippen LogP contribution in [-0.4, -0.2) is 27.8 Å². The molecule has 0 fully saturated rings. The minimum Gasteiger partial charge on any atom is -0.495 e. The molecule has 0 unspecified atom stereocenters. The molecule has 114 valence electrons. The van der Waals surface area contributed by atoms with E-state index in [0.717, 1.165) is 17.0 Å². The number of nitrogens with zero attached hydrogens (tertiary/aromatic N) is 3. The number of pyridine rings is 1. The monoisotopic (exact) mass is 298 g/mol. The number of ether oxygens (including phenoxy) is 1. The van der Waals surface area contributed by atoms with Crippen molar-refractivity contribution in [2.75, 3.05) is 19.0 Å². The number of anilines is 1. The summed E-state index contributed by atoms with van der Waals surface area (Å²) in [6.45, 7) is 3.10. The number of rotatable bonds is 5. The fraction of sp³-hybridized carbons (Fsp3) is 0.250. The first-order valence-electron chi connectivity index (χ1n) is 7.12. The van der Waals surface area contributed by atoms with Crippen LogP contribution in [0.5, 0.6) is 5.75 Å². The molecule has 6 nitrogen and oxygen atoms in total. The van der Waals surface area contributed by atoms with Crippen LogP contribution < -0.4 is 15.7 Å². The second kappa shape index (κ2) is 5.93. The van der Waals surface area contributed by atoms with Gasteiger partial charge in [0.25, 0.3) is 0 Å². The van der Waals surface area contributed by atoms with Gasteiger partial charge in [-0.15, -0.1) is 5.10 Å². The fourth-order valence-corrected chi connectivity index (χ4v) is 2.37. The Kier molecular flexibility index (Phi) is 3.82. The van der Waals surface area contributed by atoms with Crippen molar-refractivity contribution in [2.45, 2.75) is 13.5 Å². The minimum atomic E-state index is -0.131. The van der Waals surface area contributed by atoms with E-state index >= 15 is 0 Å². The molecule has 0 bridgehead atoms. The molecule has 0 amide bonds. The summed E-state index contributed by atoms with van der Waals surface area (Å²) >= 11 is 0. The van der Waals surface area contributed by atoms with Crippen LogP contribution in [0.1, 0.15) is 5.56 Å². The van der Waals surface area contributed by atoms with Crippen LogP contribution in [0.25, 0.3) is 5.65 Å². The van der Waals surface area contributed by atoms with Crippen LogP contribution in [0.2, 0.25) is 0 Å². The van der Waals surface area contributed by atoms with Gasteiger partial charge in [0.15, 0.2) is 5.65 Å². The van der Waals surface area contributed by atoms with Gasteiger partial charge in [0.1, 0.15) is 5.75 Å². The largest absolute Gasteiger partial charge is 0.495 e. The summed E-state index contributed by atoms with van der Waals surface area (Å²) in [6.07, 6.45) is 1.72. The van der Waals surface area contributed by atoms with E-state index in [4.69, 9.17) is 4.74 Å². The molecule has 0 atom stereocenters. The van der Waals surface area contributed by atoms with Crippen molar-refractivity contribution in [3.05, 3.63) is 58.6 Å². The first kappa shape index (κ1) is 14.2. The van der Waals surface area contributed by atoms with Gasteiger partial charge in [-0.1, -0.05) is 12.1 Å². The summed E-state index contributed by atoms with van der Waals surface area (Å²) in [6, 6.07) is 11.4. The van der Waals surface area contributed by atoms with Gasteiger partial charge in [0.2, 0.25) is 0 Å². The van der Waals surface area contributed by atoms with E-state index in [-0.39, 0.29) is 5.69 Å². The van der Waals surface area contributed by atoms with Gasteiger partial charge in [-0.2, -0.15) is 0 Å². The molecule has 6 heteroatoms. The van der Waals surface area contributed by atoms with Crippen molar-refractivity contribution in [3.8, 4) is 5.75 Å². The second-order valence-electron chi connectivity index (χ2n) is 5.07. The average Bonchev–Trinajstić information content (AvgIpc) is 2.85. The van der Waals surface area contributed by atoms with E-state index in [1.54, 1.807) is 13.3 Å². The Hall–Kier alpha value is -2.76. The Labute approximate surface area is 128 Å². The number of hydrogen-bond acceptors (Lipinski definition) is 4. The van der Waals surface area contributed by atoms with E-state index in [9.17, 15) is 4.79 Å². The lowest BCUT2D eigenvalue weighted by Crippen LogP contribution is -2.24. The van der Waals surface area contributed by atoms with Crippen molar-refractivity contribution in [2.24, 2.45) is 0 Å². The zero-order valence-electron chi connectivity index (χ0n) is 12.6. The molecule has 2 aromatic heterocycles. The Bertz CT molecular complexity index is 851. The van der Waals surface area contributed by atoms with Crippen LogP contribution in [0.15, 0.2) is 47.4 Å². The Morgan fingerprint density at radius 1 is 1.27 bits per heavy atom. The number of hydrogen-bond donors (Lipinski definition) is 1. The van der Waals surface area contributed by atoms with Crippen molar-refractivity contribution < 1.29 is 4.74 Å². The number of aromatic nitrogens is 3. The van der Waals surface area contributed by atoms with Crippen LogP contribution in [0.4, 0.5) is 5.69 Å². The highest BCUT2D eigenvalue weighted by Gasteiger charge is 2.06. The van der Waals surface area contributed by atoms with E-state index in [1.165, 1.54) is 9.08 Å². The first-order chi connectivity index (χ1) is 10.7. The van der Waals surface area contributed by atoms with E-state index in [2.05, 4.69) is 10.4 Å². The summed E-state index contributed by atoms with van der Waals surface area (Å²) < 4.78 is 8.32. The summed E-state index contributed by atoms with van der Waals surface area (Å²) in [7, 11) is 1.64. The maximum Gasteiger partial charge on any atom is 0.350 e. The molecule has 3 aromatic rings. The van der Waals surface area contributed by atoms with Crippen molar-refractivity contribution in [1.82, 2.24) is 14.2 Å². The zero-order valence-corrected chi connectivity index (χ0v) is 12.6. The molecule has 0 radical (unpaired) electrons. The highest BCUT2D eigenvalue weighted by Crippen LogP contribution is 2.24. The molecule has 0 aliphatic rings. The average molecular weight is 298 g/mol. The standard InChI is InChI=1S/C16H18N4O2/c1-12-6-7-14(22-2)13(11-12)17-8-10-20-16(21)19-9-4-3-5-15(19)18-20/h3-7,9,11,17H,8,10H2,1-2H3. The van der Waals surface area contributed by atoms with E-state index in [1.807, 2.05) is 43.3 Å². The number of nitrogens with one attached hydrogen (secondary N) is 1. The summed E-state index contributed by atoms with van der Waals surface area (Å²) in [5.74, 6) is 0.785. The quantitative estimate of drug-likeness (QED) is 0.782. The molecular weight excluding hydrogens is 280 g/mol. The predicted octanol–water partition coefficient (Wildman–Crippen LogP) is 1.93. The zero-order chi connectivity index (χ0) is 15.5. The van der Waals surface area contributed by atoms with Crippen molar-refractivity contribution in [3.63, 3.8) is 0 Å². The normalized spacial score (nSPS) is 10.8. The summed E-state index contributed by atoms with van der Waals surface area (Å²) in [4.78, 5) is 12.2. The molecule has 1 aromatic carbocycles. The number of fused-ring (bicyclic) bond motifs is 1. The molecule has 1 N–H and O–H groups in total. The molecule has 3 rings (SSSR count). The lowest BCUT2D eigenvalue weighted by atomic mass is 10.2. The molecule has 2 heterocycles. The smallest absolute Gasteiger partial charge is 0.350 e. The number of aryl methyl sites for hydroxylation is 1. The van der Waals surface area contributed by atoms with Crippen LogP contribution in [-0.2, 0) is 6.54 Å². The molecular formula is C16H18N4O2. The van der Waals surface area contributed by atoms with Gasteiger partial charge < -0.3 is 10.1 Å². The van der Waals surface area contributed by atoms with Crippen molar-refractivity contribution >= 4 is 11.3 Å². The van der Waals surface area contributed by atoms with Gasteiger partial charge in [0.05, 0.1) is 19.3 Å². The maximum atomic E-state index is 12.2. The third kappa shape index (κ3) is 2.67. The number of methoxy groups -OCH3 is 1. The molecule has 0 spiro atoms. The highest BCUT2D eigenvalue weighted by molar-refractivity contribution is 5.57. The Morgan fingerprint density at radius 3 is 2.91 bits per heavy atom. The summed E-state index contributed by atoms with van der Waals surface area (Å²) in [5, 5.41) is 7.59. The minimum absolute atomic E-state index is 0.131. The molecule has 0 saturated heterocycles. The van der Waals surface area contributed by atoms with Gasteiger partial charge in [-0.25, -0.2) is 9.48 Å². The van der Waals surface area contributed by atoms with Crippen molar-refractivity contribution in [1.29, 1.82) is 0 Å². The fourth-order valence-electron chi connectivity index (χ4n) is 2.37. The van der Waals surface area contributed by atoms with Gasteiger partial charge >= 0.3 is 5.69 Å². The van der Waals surface area contributed by atoms with Gasteiger partial charge in [0, 0.05) is 12.7 Å². The third-order valence-corrected chi connectivity index (χ3v) is 3.48. The molecule has 0 aliphatic carbocycles. The summed E-state index contributed by atoms with van der Waals surface area (Å²) in [5.41, 5.74) is 2.58. The van der Waals surface area contributed by atoms with E-state index in [0.29, 0.717) is 18.7 Å². The SMILES string of the molecule is COc1ccc(C)cc1NCCn1nc2ccccn2c1=O. The number of benzene rings is 1. The first-order valence-corrected chi connectivity index (χ1v) is 7.12. The lowest BCUT2D eigenvalue weighted by molar-refractivity contribution is 0.416.